The van der Waals surface area contributed by atoms with E-state index in [1.807, 2.05) is 6.07 Å². The van der Waals surface area contributed by atoms with Crippen molar-refractivity contribution in [3.63, 3.8) is 0 Å². The topological polar surface area (TPSA) is 182 Å². The molecule has 4 rings (SSSR count). The average Bonchev–Trinajstić information content (AvgIpc) is 2.75. The van der Waals surface area contributed by atoms with E-state index in [4.69, 9.17) is 5.73 Å². The molecule has 1 aromatic carbocycles. The number of hydrogen-bond donors (Lipinski definition) is 3. The van der Waals surface area contributed by atoms with Gasteiger partial charge in [0.2, 0.25) is 5.91 Å². The molecule has 0 heterocycles. The van der Waals surface area contributed by atoms with Crippen LogP contribution in [0.25, 0.3) is 0 Å². The Labute approximate surface area is 201 Å². The highest BCUT2D eigenvalue weighted by molar-refractivity contribution is 6.32. The van der Waals surface area contributed by atoms with Crippen LogP contribution in [0.2, 0.25) is 0 Å². The van der Waals surface area contributed by atoms with Crippen molar-refractivity contribution < 1.29 is 34.2 Å². The number of carbonyl (C=O) groups is 5. The van der Waals surface area contributed by atoms with Gasteiger partial charge in [-0.2, -0.15) is 5.26 Å². The van der Waals surface area contributed by atoms with Gasteiger partial charge in [-0.05, 0) is 44.5 Å². The third-order valence-corrected chi connectivity index (χ3v) is 7.64. The maximum absolute atomic E-state index is 13.7. The minimum absolute atomic E-state index is 0.0302. The average molecular weight is 482 g/mol. The summed E-state index contributed by atoms with van der Waals surface area (Å²) < 4.78 is 0. The maximum Gasteiger partial charge on any atom is 0.235 e. The fourth-order valence-electron chi connectivity index (χ4n) is 6.14. The lowest BCUT2D eigenvalue weighted by atomic mass is 9.52. The lowest BCUT2D eigenvalue weighted by Gasteiger charge is -2.52. The Bertz CT molecular complexity index is 1250. The fourth-order valence-corrected chi connectivity index (χ4v) is 6.14. The van der Waals surface area contributed by atoms with Gasteiger partial charge >= 0.3 is 0 Å². The van der Waals surface area contributed by atoms with Crippen molar-refractivity contribution >= 4 is 34.7 Å². The van der Waals surface area contributed by atoms with E-state index in [1.165, 1.54) is 25.1 Å². The molecule has 3 aliphatic rings. The van der Waals surface area contributed by atoms with Crippen LogP contribution in [0.15, 0.2) is 6.07 Å². The first-order chi connectivity index (χ1) is 16.3. The minimum atomic E-state index is -2.77. The lowest BCUT2D eigenvalue weighted by Crippen LogP contribution is -2.74. The van der Waals surface area contributed by atoms with Gasteiger partial charge in [0.15, 0.2) is 34.7 Å². The normalized spacial score (nSPS) is 32.0. The summed E-state index contributed by atoms with van der Waals surface area (Å²) in [5.74, 6) is -11.2. The molecule has 184 valence electrons. The number of ketones is 4. The Morgan fingerprint density at radius 3 is 2.31 bits per heavy atom. The summed E-state index contributed by atoms with van der Waals surface area (Å²) >= 11 is 0. The van der Waals surface area contributed by atoms with Crippen LogP contribution in [0.1, 0.15) is 27.9 Å². The number of nitrogens with zero attached hydrogens (tertiary/aromatic N) is 3. The van der Waals surface area contributed by atoms with Crippen LogP contribution < -0.4 is 10.6 Å². The van der Waals surface area contributed by atoms with Crippen molar-refractivity contribution in [2.45, 2.75) is 24.5 Å². The van der Waals surface area contributed by atoms with Crippen LogP contribution in [0, 0.1) is 35.0 Å². The number of nitriles is 1. The molecule has 2 fully saturated rings. The molecular formula is C24H26N4O7. The quantitative estimate of drug-likeness (QED) is 0.443. The molecule has 0 saturated heterocycles. The predicted molar refractivity (Wildman–Crippen MR) is 120 cm³/mol. The van der Waals surface area contributed by atoms with Crippen LogP contribution >= 0.6 is 0 Å². The monoisotopic (exact) mass is 482 g/mol. The molecule has 1 aromatic rings. The molecule has 0 spiro atoms. The van der Waals surface area contributed by atoms with E-state index in [9.17, 15) is 39.4 Å². The molecule has 3 aliphatic carbocycles. The van der Waals surface area contributed by atoms with Gasteiger partial charge < -0.3 is 20.8 Å². The van der Waals surface area contributed by atoms with Gasteiger partial charge in [-0.15, -0.1) is 0 Å². The number of amides is 1. The SMILES string of the molecule is CN(C)c1cc(C#N)c(O)c2c1C[C@H]1C[C@H]3[C@H](N(C)C)C(=O)C(C(N)=O)C(=O)C3(O)C(=O)C1C2=O. The molecule has 11 nitrogen and oxygen atoms in total. The Hall–Kier alpha value is -3.62. The number of anilines is 1. The van der Waals surface area contributed by atoms with E-state index in [2.05, 4.69) is 0 Å². The third kappa shape index (κ3) is 3.13. The standard InChI is InChI=1S/C24H26N4O7/c1-27(2)13-7-10(8-25)18(29)15-11(13)5-9-6-12-17(28(3)4)20(31)16(23(26)34)22(33)24(12,35)21(32)14(9)19(15)30/h7,9,12,14,16-17,29,35H,5-6H2,1-4H3,(H2,26,34)/t9-,12-,14?,16?,17-,24?/m0/s1. The molecule has 0 aliphatic heterocycles. The van der Waals surface area contributed by atoms with Crippen LogP contribution in [0.4, 0.5) is 5.69 Å². The molecule has 11 heteroatoms. The summed E-state index contributed by atoms with van der Waals surface area (Å²) in [6.07, 6.45) is 0.107. The summed E-state index contributed by atoms with van der Waals surface area (Å²) in [6.45, 7) is 0. The van der Waals surface area contributed by atoms with Gasteiger partial charge in [0.1, 0.15) is 11.8 Å². The number of phenols is 1. The van der Waals surface area contributed by atoms with Gasteiger partial charge in [-0.3, -0.25) is 28.9 Å². The number of aromatic hydroxyl groups is 1. The van der Waals surface area contributed by atoms with Crippen LogP contribution in [-0.2, 0) is 25.6 Å². The number of phenolic OH excluding ortho intramolecular Hbond substituents is 1. The summed E-state index contributed by atoms with van der Waals surface area (Å²) in [4.78, 5) is 68.8. The number of nitrogens with two attached hydrogens (primary N) is 1. The first kappa shape index (κ1) is 24.5. The summed E-state index contributed by atoms with van der Waals surface area (Å²) in [5, 5.41) is 31.7. The number of hydrogen-bond acceptors (Lipinski definition) is 10. The lowest BCUT2D eigenvalue weighted by molar-refractivity contribution is -0.181. The van der Waals surface area contributed by atoms with Crippen LogP contribution in [0.5, 0.6) is 5.75 Å². The van der Waals surface area contributed by atoms with Crippen molar-refractivity contribution in [3.05, 3.63) is 22.8 Å². The second-order valence-corrected chi connectivity index (χ2v) is 9.94. The first-order valence-electron chi connectivity index (χ1n) is 11.1. The Kier molecular flexibility index (Phi) is 5.58. The Balaban J connectivity index is 1.92. The zero-order valence-electron chi connectivity index (χ0n) is 19.7. The molecule has 1 amide bonds. The molecule has 0 bridgehead atoms. The summed E-state index contributed by atoms with van der Waals surface area (Å²) in [7, 11) is 6.47. The predicted octanol–water partition coefficient (Wildman–Crippen LogP) is -1.20. The number of fused-ring (bicyclic) bond motifs is 3. The summed E-state index contributed by atoms with van der Waals surface area (Å²) in [6, 6.07) is 2.14. The van der Waals surface area contributed by atoms with E-state index < -0.39 is 70.1 Å². The molecule has 2 saturated carbocycles. The minimum Gasteiger partial charge on any atom is -0.506 e. The number of aliphatic hydroxyl groups is 1. The van der Waals surface area contributed by atoms with E-state index >= 15 is 0 Å². The van der Waals surface area contributed by atoms with Gasteiger partial charge in [-0.1, -0.05) is 0 Å². The molecule has 4 N–H and O–H groups in total. The van der Waals surface area contributed by atoms with Crippen molar-refractivity contribution in [1.29, 1.82) is 5.26 Å². The van der Waals surface area contributed by atoms with E-state index in [1.54, 1.807) is 19.0 Å². The molecule has 6 atom stereocenters. The van der Waals surface area contributed by atoms with E-state index in [0.29, 0.717) is 11.3 Å². The van der Waals surface area contributed by atoms with Gasteiger partial charge in [0, 0.05) is 25.7 Å². The number of Topliss-reactive ketones (excluding diaryl/α,β-unsaturated/α-hetero) is 4. The zero-order chi connectivity index (χ0) is 26.1. The van der Waals surface area contributed by atoms with Crippen molar-refractivity contribution in [3.8, 4) is 11.8 Å². The highest BCUT2D eigenvalue weighted by Gasteiger charge is 2.69. The van der Waals surface area contributed by atoms with Gasteiger partial charge in [0.25, 0.3) is 0 Å². The van der Waals surface area contributed by atoms with Crippen LogP contribution in [0.3, 0.4) is 0 Å². The second-order valence-electron chi connectivity index (χ2n) is 9.94. The third-order valence-electron chi connectivity index (χ3n) is 7.64. The highest BCUT2D eigenvalue weighted by Crippen LogP contribution is 2.52. The van der Waals surface area contributed by atoms with Gasteiger partial charge in [-0.25, -0.2) is 0 Å². The van der Waals surface area contributed by atoms with Gasteiger partial charge in [0.05, 0.1) is 23.1 Å². The number of likely N-dealkylation sites (N-methyl/N-ethyl adjacent to an activating group) is 1. The highest BCUT2D eigenvalue weighted by atomic mass is 16.3. The number of rotatable bonds is 3. The van der Waals surface area contributed by atoms with Crippen LogP contribution in [-0.4, -0.2) is 84.0 Å². The number of benzene rings is 1. The zero-order valence-corrected chi connectivity index (χ0v) is 19.7. The number of carbonyl (C=O) groups excluding carboxylic acids is 5. The first-order valence-corrected chi connectivity index (χ1v) is 11.1. The molecule has 0 aromatic heterocycles. The fraction of sp³-hybridized carbons (Fsp3) is 0.500. The van der Waals surface area contributed by atoms with Crippen molar-refractivity contribution in [2.75, 3.05) is 33.1 Å². The second kappa shape index (κ2) is 7.96. The van der Waals surface area contributed by atoms with E-state index in [0.717, 1.165) is 0 Å². The molecule has 35 heavy (non-hydrogen) atoms. The summed E-state index contributed by atoms with van der Waals surface area (Å²) in [5.41, 5.74) is 3.14. The Morgan fingerprint density at radius 2 is 1.80 bits per heavy atom. The molecule has 3 unspecified atom stereocenters. The number of primary amides is 1. The smallest absolute Gasteiger partial charge is 0.235 e. The molecule has 0 radical (unpaired) electrons. The van der Waals surface area contributed by atoms with Crippen molar-refractivity contribution in [2.24, 2.45) is 29.4 Å². The maximum atomic E-state index is 13.7. The Morgan fingerprint density at radius 1 is 1.17 bits per heavy atom. The van der Waals surface area contributed by atoms with Crippen molar-refractivity contribution in [1.82, 2.24) is 4.90 Å². The molecular weight excluding hydrogens is 456 g/mol. The van der Waals surface area contributed by atoms with E-state index in [-0.39, 0.29) is 24.0 Å². The largest absolute Gasteiger partial charge is 0.506 e.